The Morgan fingerprint density at radius 3 is 2.68 bits per heavy atom. The third-order valence-electron chi connectivity index (χ3n) is 4.69. The van der Waals surface area contributed by atoms with Gasteiger partial charge in [-0.1, -0.05) is 17.7 Å². The molecule has 0 saturated carbocycles. The molecule has 0 unspecified atom stereocenters. The lowest BCUT2D eigenvalue weighted by Gasteiger charge is -2.10. The second kappa shape index (κ2) is 6.21. The summed E-state index contributed by atoms with van der Waals surface area (Å²) in [7, 11) is 0. The molecule has 0 atom stereocenters. The highest BCUT2D eigenvalue weighted by atomic mass is 35.5. The Morgan fingerprint density at radius 1 is 1.07 bits per heavy atom. The SMILES string of the molecule is O=C(O)c1ccc2c(c1)nc(Nc1ccc(Cl)cc1)c1[nH]c3ccncc3c12. The van der Waals surface area contributed by atoms with Gasteiger partial charge in [-0.25, -0.2) is 9.78 Å². The van der Waals surface area contributed by atoms with E-state index in [9.17, 15) is 9.90 Å². The number of benzene rings is 2. The van der Waals surface area contributed by atoms with E-state index in [1.54, 1.807) is 42.7 Å². The maximum absolute atomic E-state index is 11.4. The third-order valence-corrected chi connectivity index (χ3v) is 4.94. The van der Waals surface area contributed by atoms with Crippen LogP contribution in [-0.4, -0.2) is 26.0 Å². The van der Waals surface area contributed by atoms with Crippen LogP contribution in [0.1, 0.15) is 10.4 Å². The van der Waals surface area contributed by atoms with Crippen LogP contribution in [-0.2, 0) is 0 Å². The van der Waals surface area contributed by atoms with Gasteiger partial charge in [0.25, 0.3) is 0 Å². The van der Waals surface area contributed by atoms with E-state index in [4.69, 9.17) is 16.6 Å². The molecule has 0 aliphatic rings. The molecule has 0 aliphatic heterocycles. The Morgan fingerprint density at radius 2 is 1.89 bits per heavy atom. The zero-order chi connectivity index (χ0) is 19.3. The summed E-state index contributed by atoms with van der Waals surface area (Å²) < 4.78 is 0. The van der Waals surface area contributed by atoms with Gasteiger partial charge in [-0.05, 0) is 42.5 Å². The Kier molecular flexibility index (Phi) is 3.67. The molecule has 0 saturated heterocycles. The molecule has 6 nitrogen and oxygen atoms in total. The molecule has 2 aromatic carbocycles. The van der Waals surface area contributed by atoms with Crippen LogP contribution in [0.4, 0.5) is 11.5 Å². The second-order valence-corrected chi connectivity index (χ2v) is 6.86. The molecule has 5 rings (SSSR count). The zero-order valence-electron chi connectivity index (χ0n) is 14.4. The Bertz CT molecular complexity index is 1380. The van der Waals surface area contributed by atoms with Gasteiger partial charge in [0.05, 0.1) is 16.6 Å². The van der Waals surface area contributed by atoms with Crippen molar-refractivity contribution in [1.82, 2.24) is 15.0 Å². The number of anilines is 2. The van der Waals surface area contributed by atoms with Crippen LogP contribution in [0, 0.1) is 0 Å². The molecule has 0 bridgehead atoms. The highest BCUT2D eigenvalue weighted by Crippen LogP contribution is 2.36. The number of carboxylic acids is 1. The molecule has 0 fully saturated rings. The van der Waals surface area contributed by atoms with Crippen LogP contribution in [0.5, 0.6) is 0 Å². The summed E-state index contributed by atoms with van der Waals surface area (Å²) in [6.07, 6.45) is 3.52. The maximum Gasteiger partial charge on any atom is 0.335 e. The lowest BCUT2D eigenvalue weighted by molar-refractivity contribution is 0.0697. The maximum atomic E-state index is 11.4. The van der Waals surface area contributed by atoms with E-state index in [-0.39, 0.29) is 5.56 Å². The topological polar surface area (TPSA) is 90.9 Å². The van der Waals surface area contributed by atoms with Crippen molar-refractivity contribution in [2.24, 2.45) is 0 Å². The van der Waals surface area contributed by atoms with E-state index in [1.165, 1.54) is 0 Å². The number of aromatic amines is 1. The number of carboxylic acid groups (broad SMARTS) is 1. The van der Waals surface area contributed by atoms with Gasteiger partial charge in [0.2, 0.25) is 0 Å². The average molecular weight is 389 g/mol. The Balaban J connectivity index is 1.83. The molecular weight excluding hydrogens is 376 g/mol. The van der Waals surface area contributed by atoms with Crippen LogP contribution in [0.15, 0.2) is 60.9 Å². The van der Waals surface area contributed by atoms with Gasteiger partial charge in [0, 0.05) is 44.8 Å². The smallest absolute Gasteiger partial charge is 0.335 e. The van der Waals surface area contributed by atoms with E-state index in [2.05, 4.69) is 15.3 Å². The van der Waals surface area contributed by atoms with Crippen molar-refractivity contribution in [3.05, 3.63) is 71.5 Å². The number of hydrogen-bond acceptors (Lipinski definition) is 4. The van der Waals surface area contributed by atoms with Gasteiger partial charge in [0.15, 0.2) is 5.82 Å². The lowest BCUT2D eigenvalue weighted by atomic mass is 10.1. The third kappa shape index (κ3) is 2.62. The first kappa shape index (κ1) is 16.5. The van der Waals surface area contributed by atoms with E-state index in [0.717, 1.165) is 32.9 Å². The second-order valence-electron chi connectivity index (χ2n) is 6.43. The summed E-state index contributed by atoms with van der Waals surface area (Å²) in [4.78, 5) is 23.7. The predicted octanol–water partition coefficient (Wildman–Crippen LogP) is 5.36. The van der Waals surface area contributed by atoms with Crippen molar-refractivity contribution in [2.75, 3.05) is 5.32 Å². The molecular formula is C21H13ClN4O2. The Hall–Kier alpha value is -3.64. The molecule has 28 heavy (non-hydrogen) atoms. The normalized spacial score (nSPS) is 11.3. The van der Waals surface area contributed by atoms with Gasteiger partial charge >= 0.3 is 5.97 Å². The fourth-order valence-electron chi connectivity index (χ4n) is 3.40. The minimum Gasteiger partial charge on any atom is -0.478 e. The van der Waals surface area contributed by atoms with Gasteiger partial charge in [-0.2, -0.15) is 0 Å². The number of H-pyrrole nitrogens is 1. The first-order chi connectivity index (χ1) is 13.6. The van der Waals surface area contributed by atoms with Gasteiger partial charge < -0.3 is 15.4 Å². The zero-order valence-corrected chi connectivity index (χ0v) is 15.2. The van der Waals surface area contributed by atoms with Crippen LogP contribution in [0.2, 0.25) is 5.02 Å². The molecule has 0 radical (unpaired) electrons. The number of halogens is 1. The van der Waals surface area contributed by atoms with Crippen molar-refractivity contribution in [3.63, 3.8) is 0 Å². The van der Waals surface area contributed by atoms with Crippen LogP contribution >= 0.6 is 11.6 Å². The Labute approximate surface area is 163 Å². The van der Waals surface area contributed by atoms with E-state index >= 15 is 0 Å². The number of pyridine rings is 2. The molecule has 3 N–H and O–H groups in total. The van der Waals surface area contributed by atoms with E-state index in [1.807, 2.05) is 18.2 Å². The molecule has 0 amide bonds. The van der Waals surface area contributed by atoms with Gasteiger partial charge in [-0.3, -0.25) is 4.98 Å². The van der Waals surface area contributed by atoms with E-state index < -0.39 is 5.97 Å². The molecule has 0 spiro atoms. The predicted molar refractivity (Wildman–Crippen MR) is 111 cm³/mol. The van der Waals surface area contributed by atoms with Crippen molar-refractivity contribution >= 4 is 61.8 Å². The average Bonchev–Trinajstić information content (AvgIpc) is 3.09. The number of hydrogen-bond donors (Lipinski definition) is 3. The highest BCUT2D eigenvalue weighted by molar-refractivity contribution is 6.30. The quantitative estimate of drug-likeness (QED) is 0.387. The molecule has 3 heterocycles. The molecule has 136 valence electrons. The largest absolute Gasteiger partial charge is 0.478 e. The number of aromatic carboxylic acids is 1. The molecule has 3 aromatic heterocycles. The van der Waals surface area contributed by atoms with Gasteiger partial charge in [0.1, 0.15) is 0 Å². The summed E-state index contributed by atoms with van der Waals surface area (Å²) in [6.45, 7) is 0. The number of nitrogens with one attached hydrogen (secondary N) is 2. The summed E-state index contributed by atoms with van der Waals surface area (Å²) >= 11 is 5.98. The number of rotatable bonds is 3. The van der Waals surface area contributed by atoms with Gasteiger partial charge in [-0.15, -0.1) is 0 Å². The number of aromatic nitrogens is 3. The summed E-state index contributed by atoms with van der Waals surface area (Å²) in [5.74, 6) is -0.389. The number of nitrogens with zero attached hydrogens (tertiary/aromatic N) is 2. The minimum absolute atomic E-state index is 0.190. The van der Waals surface area contributed by atoms with Crippen LogP contribution in [0.25, 0.3) is 32.7 Å². The van der Waals surface area contributed by atoms with Crippen molar-refractivity contribution in [1.29, 1.82) is 0 Å². The summed E-state index contributed by atoms with van der Waals surface area (Å²) in [5, 5.41) is 16.1. The first-order valence-electron chi connectivity index (χ1n) is 8.55. The standard InChI is InChI=1S/C21H13ClN4O2/c22-12-2-4-13(5-3-12)24-20-19-18(15-10-23-8-7-16(15)25-19)14-6-1-11(21(27)28)9-17(14)26-20/h1-10,25H,(H,24,26)(H,27,28). The van der Waals surface area contributed by atoms with E-state index in [0.29, 0.717) is 16.4 Å². The molecule has 0 aliphatic carbocycles. The summed E-state index contributed by atoms with van der Waals surface area (Å²) in [5.41, 5.74) is 3.36. The minimum atomic E-state index is -0.989. The highest BCUT2D eigenvalue weighted by Gasteiger charge is 2.16. The van der Waals surface area contributed by atoms with Crippen molar-refractivity contribution in [3.8, 4) is 0 Å². The number of fused-ring (bicyclic) bond motifs is 5. The van der Waals surface area contributed by atoms with Crippen LogP contribution in [0.3, 0.4) is 0 Å². The number of carbonyl (C=O) groups is 1. The summed E-state index contributed by atoms with van der Waals surface area (Å²) in [6, 6.07) is 14.2. The van der Waals surface area contributed by atoms with Crippen molar-refractivity contribution < 1.29 is 9.90 Å². The molecule has 7 heteroatoms. The fraction of sp³-hybridized carbons (Fsp3) is 0. The molecule has 5 aromatic rings. The lowest BCUT2D eigenvalue weighted by Crippen LogP contribution is -1.99. The van der Waals surface area contributed by atoms with Crippen LogP contribution < -0.4 is 5.32 Å². The fourth-order valence-corrected chi connectivity index (χ4v) is 3.52. The van der Waals surface area contributed by atoms with Crippen molar-refractivity contribution in [2.45, 2.75) is 0 Å². The first-order valence-corrected chi connectivity index (χ1v) is 8.93. The monoisotopic (exact) mass is 388 g/mol.